The molecule has 3 aromatic carbocycles. The highest BCUT2D eigenvalue weighted by molar-refractivity contribution is 8.13. The second-order valence-electron chi connectivity index (χ2n) is 7.35. The van der Waals surface area contributed by atoms with Crippen molar-refractivity contribution in [3.63, 3.8) is 0 Å². The quantitative estimate of drug-likeness (QED) is 0.458. The van der Waals surface area contributed by atoms with Gasteiger partial charge in [0.15, 0.2) is 5.78 Å². The first kappa shape index (κ1) is 23.6. The molecule has 0 unspecified atom stereocenters. The van der Waals surface area contributed by atoms with Crippen LogP contribution < -0.4 is 0 Å². The molecule has 0 spiro atoms. The monoisotopic (exact) mass is 473 g/mol. The Bertz CT molecular complexity index is 1200. The maximum atomic E-state index is 13.2. The SMILES string of the molecule is CN(C(=O)c1ccc(F)cc1)[C@@H](Cc1ccccc1)C(=O)Cc1ccc(S(=O)(=O)Cl)cc1. The lowest BCUT2D eigenvalue weighted by molar-refractivity contribution is -0.122. The van der Waals surface area contributed by atoms with E-state index in [1.165, 1.54) is 53.4 Å². The van der Waals surface area contributed by atoms with E-state index < -0.39 is 26.8 Å². The van der Waals surface area contributed by atoms with Gasteiger partial charge in [0.2, 0.25) is 0 Å². The number of benzene rings is 3. The van der Waals surface area contributed by atoms with Crippen molar-refractivity contribution in [1.29, 1.82) is 0 Å². The van der Waals surface area contributed by atoms with Crippen LogP contribution >= 0.6 is 10.7 Å². The van der Waals surface area contributed by atoms with Gasteiger partial charge in [0.1, 0.15) is 5.82 Å². The number of likely N-dealkylation sites (N-methyl/N-ethyl adjacent to an activating group) is 1. The van der Waals surface area contributed by atoms with Gasteiger partial charge in [0, 0.05) is 29.7 Å². The summed E-state index contributed by atoms with van der Waals surface area (Å²) in [5, 5.41) is 0. The van der Waals surface area contributed by atoms with Gasteiger partial charge in [-0.05, 0) is 53.9 Å². The minimum absolute atomic E-state index is 0.00114. The topological polar surface area (TPSA) is 71.5 Å². The maximum absolute atomic E-state index is 13.2. The number of carbonyl (C=O) groups is 2. The molecule has 0 aromatic heterocycles. The summed E-state index contributed by atoms with van der Waals surface area (Å²) in [6.45, 7) is 0. The Hall–Kier alpha value is -3.03. The Morgan fingerprint density at radius 2 is 1.50 bits per heavy atom. The average Bonchev–Trinajstić information content (AvgIpc) is 2.77. The summed E-state index contributed by atoms with van der Waals surface area (Å²) in [5.41, 5.74) is 1.75. The van der Waals surface area contributed by atoms with Crippen LogP contribution in [0.2, 0.25) is 0 Å². The van der Waals surface area contributed by atoms with Crippen LogP contribution in [0.25, 0.3) is 0 Å². The molecule has 0 heterocycles. The van der Waals surface area contributed by atoms with Gasteiger partial charge in [-0.15, -0.1) is 0 Å². The first-order valence-electron chi connectivity index (χ1n) is 9.78. The molecule has 0 radical (unpaired) electrons. The summed E-state index contributed by atoms with van der Waals surface area (Å²) in [6.07, 6.45) is 0.304. The Labute approximate surface area is 190 Å². The fourth-order valence-electron chi connectivity index (χ4n) is 3.33. The fraction of sp³-hybridized carbons (Fsp3) is 0.167. The van der Waals surface area contributed by atoms with Crippen molar-refractivity contribution in [1.82, 2.24) is 4.90 Å². The van der Waals surface area contributed by atoms with E-state index in [0.29, 0.717) is 12.0 Å². The molecule has 0 aliphatic heterocycles. The van der Waals surface area contributed by atoms with Gasteiger partial charge >= 0.3 is 0 Å². The smallest absolute Gasteiger partial charge is 0.261 e. The Morgan fingerprint density at radius 3 is 2.06 bits per heavy atom. The molecule has 0 fully saturated rings. The number of ketones is 1. The number of nitrogens with zero attached hydrogens (tertiary/aromatic N) is 1. The molecule has 3 aromatic rings. The van der Waals surface area contributed by atoms with Crippen molar-refractivity contribution < 1.29 is 22.4 Å². The van der Waals surface area contributed by atoms with Crippen LogP contribution in [0.5, 0.6) is 0 Å². The number of Topliss-reactive ketones (excluding diaryl/α,β-unsaturated/α-hetero) is 1. The molecule has 0 N–H and O–H groups in total. The van der Waals surface area contributed by atoms with Crippen molar-refractivity contribution in [3.05, 3.63) is 101 Å². The molecule has 1 amide bonds. The Morgan fingerprint density at radius 1 is 0.906 bits per heavy atom. The lowest BCUT2D eigenvalue weighted by atomic mass is 9.96. The van der Waals surface area contributed by atoms with Crippen molar-refractivity contribution in [2.75, 3.05) is 7.05 Å². The van der Waals surface area contributed by atoms with E-state index >= 15 is 0 Å². The van der Waals surface area contributed by atoms with Crippen LogP contribution in [0.15, 0.2) is 83.8 Å². The number of halogens is 2. The van der Waals surface area contributed by atoms with E-state index in [-0.39, 0.29) is 22.7 Å². The van der Waals surface area contributed by atoms with Gasteiger partial charge in [0.05, 0.1) is 10.9 Å². The van der Waals surface area contributed by atoms with Gasteiger partial charge in [0.25, 0.3) is 15.0 Å². The molecule has 8 heteroatoms. The standard InChI is InChI=1S/C24H21ClFNO4S/c1-27(24(29)19-9-11-20(26)12-10-19)22(15-17-5-3-2-4-6-17)23(28)16-18-7-13-21(14-8-18)32(25,30)31/h2-14,22H,15-16H2,1H3/t22-/m0/s1. The van der Waals surface area contributed by atoms with Crippen molar-refractivity contribution in [2.24, 2.45) is 0 Å². The lowest BCUT2D eigenvalue weighted by Gasteiger charge is -2.27. The maximum Gasteiger partial charge on any atom is 0.261 e. The molecular formula is C24H21ClFNO4S. The van der Waals surface area contributed by atoms with Crippen molar-refractivity contribution in [3.8, 4) is 0 Å². The van der Waals surface area contributed by atoms with E-state index in [0.717, 1.165) is 5.56 Å². The van der Waals surface area contributed by atoms with Crippen LogP contribution in [-0.4, -0.2) is 38.1 Å². The molecule has 0 bridgehead atoms. The Kier molecular flexibility index (Phi) is 7.43. The van der Waals surface area contributed by atoms with Gasteiger partial charge in [-0.1, -0.05) is 42.5 Å². The number of hydrogen-bond acceptors (Lipinski definition) is 4. The highest BCUT2D eigenvalue weighted by Crippen LogP contribution is 2.18. The van der Waals surface area contributed by atoms with Gasteiger partial charge in [-0.25, -0.2) is 12.8 Å². The van der Waals surface area contributed by atoms with Gasteiger partial charge in [-0.2, -0.15) is 0 Å². The second-order valence-corrected chi connectivity index (χ2v) is 9.92. The third kappa shape index (κ3) is 6.02. The summed E-state index contributed by atoms with van der Waals surface area (Å²) < 4.78 is 36.1. The molecular weight excluding hydrogens is 453 g/mol. The first-order valence-corrected chi connectivity index (χ1v) is 12.1. The third-order valence-corrected chi connectivity index (χ3v) is 6.48. The van der Waals surface area contributed by atoms with E-state index in [4.69, 9.17) is 10.7 Å². The fourth-order valence-corrected chi connectivity index (χ4v) is 4.10. The predicted octanol–water partition coefficient (Wildman–Crippen LogP) is 4.25. The molecule has 3 rings (SSSR count). The predicted molar refractivity (Wildman–Crippen MR) is 121 cm³/mol. The van der Waals surface area contributed by atoms with E-state index in [2.05, 4.69) is 0 Å². The molecule has 32 heavy (non-hydrogen) atoms. The van der Waals surface area contributed by atoms with Crippen LogP contribution in [0.1, 0.15) is 21.5 Å². The van der Waals surface area contributed by atoms with Crippen LogP contribution in [0.3, 0.4) is 0 Å². The van der Waals surface area contributed by atoms with E-state index in [1.54, 1.807) is 7.05 Å². The number of rotatable bonds is 8. The molecule has 1 atom stereocenters. The third-order valence-electron chi connectivity index (χ3n) is 5.11. The Balaban J connectivity index is 1.85. The molecule has 5 nitrogen and oxygen atoms in total. The van der Waals surface area contributed by atoms with Crippen molar-refractivity contribution >= 4 is 31.4 Å². The minimum Gasteiger partial charge on any atom is -0.331 e. The summed E-state index contributed by atoms with van der Waals surface area (Å²) in [7, 11) is 3.03. The molecule has 0 aliphatic carbocycles. The summed E-state index contributed by atoms with van der Waals surface area (Å²) >= 11 is 0. The normalized spacial score (nSPS) is 12.2. The highest BCUT2D eigenvalue weighted by Gasteiger charge is 2.28. The van der Waals surface area contributed by atoms with Gasteiger partial charge < -0.3 is 4.90 Å². The summed E-state index contributed by atoms with van der Waals surface area (Å²) in [5.74, 6) is -1.07. The van der Waals surface area contributed by atoms with Crippen LogP contribution in [0, 0.1) is 5.82 Å². The molecule has 0 saturated heterocycles. The van der Waals surface area contributed by atoms with Crippen molar-refractivity contribution in [2.45, 2.75) is 23.8 Å². The highest BCUT2D eigenvalue weighted by atomic mass is 35.7. The second kappa shape index (κ2) is 10.1. The zero-order valence-corrected chi connectivity index (χ0v) is 18.8. The lowest BCUT2D eigenvalue weighted by Crippen LogP contribution is -2.44. The summed E-state index contributed by atoms with van der Waals surface area (Å²) in [4.78, 5) is 27.5. The first-order chi connectivity index (χ1) is 15.1. The van der Waals surface area contributed by atoms with Gasteiger partial charge in [-0.3, -0.25) is 9.59 Å². The largest absolute Gasteiger partial charge is 0.331 e. The number of carbonyl (C=O) groups excluding carboxylic acids is 2. The number of hydrogen-bond donors (Lipinski definition) is 0. The van der Waals surface area contributed by atoms with E-state index in [1.807, 2.05) is 30.3 Å². The molecule has 0 aliphatic rings. The number of amides is 1. The molecule has 0 saturated carbocycles. The van der Waals surface area contributed by atoms with E-state index in [9.17, 15) is 22.4 Å². The van der Waals surface area contributed by atoms with Crippen LogP contribution in [-0.2, 0) is 26.7 Å². The van der Waals surface area contributed by atoms with Crippen LogP contribution in [0.4, 0.5) is 4.39 Å². The summed E-state index contributed by atoms with van der Waals surface area (Å²) in [6, 6.07) is 19.4. The average molecular weight is 474 g/mol. The molecule has 166 valence electrons. The zero-order valence-electron chi connectivity index (χ0n) is 17.2. The minimum atomic E-state index is -3.86. The zero-order chi connectivity index (χ0) is 23.3.